The lowest BCUT2D eigenvalue weighted by molar-refractivity contribution is 0.103. The van der Waals surface area contributed by atoms with Crippen molar-refractivity contribution in [3.8, 4) is 11.1 Å². The maximum atomic E-state index is 13.2. The minimum atomic E-state index is 0. The van der Waals surface area contributed by atoms with Gasteiger partial charge in [-0.3, -0.25) is 4.79 Å². The first-order valence-corrected chi connectivity index (χ1v) is 7.85. The van der Waals surface area contributed by atoms with Crippen LogP contribution < -0.4 is 0 Å². The molecular weight excluding hydrogens is 311 g/mol. The topological polar surface area (TPSA) is 17.1 Å². The lowest BCUT2D eigenvalue weighted by Gasteiger charge is -2.13. The van der Waals surface area contributed by atoms with Crippen LogP contribution in [0.25, 0.3) is 11.1 Å². The van der Waals surface area contributed by atoms with Crippen LogP contribution in [0.2, 0.25) is 0 Å². The highest BCUT2D eigenvalue weighted by molar-refractivity contribution is 6.92. The Kier molecular flexibility index (Phi) is 5.70. The van der Waals surface area contributed by atoms with E-state index in [1.807, 2.05) is 68.4 Å². The molecule has 3 aromatic rings. The third-order valence-corrected chi connectivity index (χ3v) is 4.16. The zero-order chi connectivity index (χ0) is 16.4. The van der Waals surface area contributed by atoms with Gasteiger partial charge in [0.2, 0.25) is 0 Å². The number of ketones is 1. The predicted molar refractivity (Wildman–Crippen MR) is 107 cm³/mol. The first-order valence-electron chi connectivity index (χ1n) is 7.85. The van der Waals surface area contributed by atoms with Gasteiger partial charge in [-0.25, -0.2) is 0 Å². The standard InChI is InChI=1S/C22H20O.H3P/c1-15-13-16(2)21(17(3)14-15)22(23)20-12-8-7-11-19(20)18-9-5-4-6-10-18;/h4-14H,1-3H3;1H3. The summed E-state index contributed by atoms with van der Waals surface area (Å²) in [6, 6.07) is 22.1. The molecule has 0 radical (unpaired) electrons. The van der Waals surface area contributed by atoms with Gasteiger partial charge < -0.3 is 0 Å². The van der Waals surface area contributed by atoms with Gasteiger partial charge in [0, 0.05) is 11.1 Å². The minimum Gasteiger partial charge on any atom is -0.289 e. The SMILES string of the molecule is Cc1cc(C)c(C(=O)c2ccccc2-c2ccccc2)c(C)c1.P. The van der Waals surface area contributed by atoms with Crippen LogP contribution in [0.5, 0.6) is 0 Å². The molecule has 0 fully saturated rings. The maximum Gasteiger partial charge on any atom is 0.194 e. The van der Waals surface area contributed by atoms with Gasteiger partial charge in [0.1, 0.15) is 0 Å². The number of carbonyl (C=O) groups excluding carboxylic acids is 1. The van der Waals surface area contributed by atoms with E-state index in [-0.39, 0.29) is 15.7 Å². The first-order chi connectivity index (χ1) is 11.1. The summed E-state index contributed by atoms with van der Waals surface area (Å²) in [5.41, 5.74) is 6.89. The van der Waals surface area contributed by atoms with Crippen molar-refractivity contribution in [2.24, 2.45) is 0 Å². The third-order valence-electron chi connectivity index (χ3n) is 4.16. The van der Waals surface area contributed by atoms with Crippen molar-refractivity contribution < 1.29 is 4.79 Å². The number of carbonyl (C=O) groups is 1. The van der Waals surface area contributed by atoms with Crippen molar-refractivity contribution in [1.29, 1.82) is 0 Å². The van der Waals surface area contributed by atoms with Crippen LogP contribution in [0.15, 0.2) is 66.7 Å². The van der Waals surface area contributed by atoms with Crippen LogP contribution in [0, 0.1) is 20.8 Å². The van der Waals surface area contributed by atoms with Crippen LogP contribution in [0.4, 0.5) is 0 Å². The Bertz CT molecular complexity index is 843. The summed E-state index contributed by atoms with van der Waals surface area (Å²) in [6.07, 6.45) is 0. The maximum absolute atomic E-state index is 13.2. The zero-order valence-corrected chi connectivity index (χ0v) is 15.9. The van der Waals surface area contributed by atoms with Gasteiger partial charge in [0.25, 0.3) is 0 Å². The largest absolute Gasteiger partial charge is 0.289 e. The Balaban J connectivity index is 0.00000208. The van der Waals surface area contributed by atoms with Crippen LogP contribution in [-0.4, -0.2) is 5.78 Å². The van der Waals surface area contributed by atoms with Gasteiger partial charge >= 0.3 is 0 Å². The minimum absolute atomic E-state index is 0. The van der Waals surface area contributed by atoms with E-state index in [2.05, 4.69) is 19.1 Å². The lowest BCUT2D eigenvalue weighted by atomic mass is 9.89. The van der Waals surface area contributed by atoms with E-state index in [0.29, 0.717) is 0 Å². The zero-order valence-electron chi connectivity index (χ0n) is 14.5. The Morgan fingerprint density at radius 2 is 1.29 bits per heavy atom. The quantitative estimate of drug-likeness (QED) is 0.452. The summed E-state index contributed by atoms with van der Waals surface area (Å²) in [6.45, 7) is 6.09. The van der Waals surface area contributed by atoms with E-state index >= 15 is 0 Å². The number of rotatable bonds is 3. The van der Waals surface area contributed by atoms with Crippen molar-refractivity contribution in [3.05, 3.63) is 94.5 Å². The van der Waals surface area contributed by atoms with Gasteiger partial charge in [-0.1, -0.05) is 72.3 Å². The molecule has 0 aliphatic heterocycles. The number of hydrogen-bond donors (Lipinski definition) is 0. The van der Waals surface area contributed by atoms with Crippen LogP contribution in [-0.2, 0) is 0 Å². The van der Waals surface area contributed by atoms with Crippen molar-refractivity contribution in [3.63, 3.8) is 0 Å². The van der Waals surface area contributed by atoms with Gasteiger partial charge in [0.05, 0.1) is 0 Å². The highest BCUT2D eigenvalue weighted by Gasteiger charge is 2.18. The predicted octanol–water partition coefficient (Wildman–Crippen LogP) is 5.57. The van der Waals surface area contributed by atoms with Gasteiger partial charge in [-0.2, -0.15) is 9.90 Å². The fourth-order valence-corrected chi connectivity index (χ4v) is 3.22. The summed E-state index contributed by atoms with van der Waals surface area (Å²) in [5, 5.41) is 0. The highest BCUT2D eigenvalue weighted by Crippen LogP contribution is 2.28. The number of benzene rings is 3. The Morgan fingerprint density at radius 3 is 1.92 bits per heavy atom. The second kappa shape index (κ2) is 7.55. The first kappa shape index (κ1) is 18.1. The summed E-state index contributed by atoms with van der Waals surface area (Å²) < 4.78 is 0. The number of hydrogen-bond acceptors (Lipinski definition) is 1. The molecule has 0 aromatic heterocycles. The molecule has 1 unspecified atom stereocenters. The van der Waals surface area contributed by atoms with Gasteiger partial charge in [-0.15, -0.1) is 0 Å². The summed E-state index contributed by atoms with van der Waals surface area (Å²) >= 11 is 0. The molecule has 0 bridgehead atoms. The molecule has 0 saturated carbocycles. The Morgan fingerprint density at radius 1 is 0.750 bits per heavy atom. The van der Waals surface area contributed by atoms with Crippen molar-refractivity contribution in [2.45, 2.75) is 20.8 Å². The molecule has 1 nitrogen and oxygen atoms in total. The molecule has 2 heteroatoms. The van der Waals surface area contributed by atoms with E-state index in [4.69, 9.17) is 0 Å². The van der Waals surface area contributed by atoms with E-state index in [1.165, 1.54) is 5.56 Å². The molecule has 122 valence electrons. The van der Waals surface area contributed by atoms with E-state index in [0.717, 1.165) is 33.4 Å². The molecular formula is C22H23OP. The Hall–Kier alpha value is -2.24. The van der Waals surface area contributed by atoms with E-state index < -0.39 is 0 Å². The van der Waals surface area contributed by atoms with Crippen molar-refractivity contribution in [2.75, 3.05) is 0 Å². The molecule has 0 saturated heterocycles. The summed E-state index contributed by atoms with van der Waals surface area (Å²) in [5.74, 6) is 0.0967. The van der Waals surface area contributed by atoms with E-state index in [1.54, 1.807) is 0 Å². The smallest absolute Gasteiger partial charge is 0.194 e. The normalized spacial score (nSPS) is 10.1. The summed E-state index contributed by atoms with van der Waals surface area (Å²) in [4.78, 5) is 13.2. The van der Waals surface area contributed by atoms with Gasteiger partial charge in [0.15, 0.2) is 5.78 Å². The molecule has 0 aliphatic rings. The highest BCUT2D eigenvalue weighted by atomic mass is 31.0. The fraction of sp³-hybridized carbons (Fsp3) is 0.136. The number of aryl methyl sites for hydroxylation is 3. The average Bonchev–Trinajstić information content (AvgIpc) is 2.54. The van der Waals surface area contributed by atoms with Crippen LogP contribution in [0.1, 0.15) is 32.6 Å². The van der Waals surface area contributed by atoms with E-state index in [9.17, 15) is 4.79 Å². The van der Waals surface area contributed by atoms with Gasteiger partial charge in [-0.05, 0) is 43.0 Å². The molecule has 24 heavy (non-hydrogen) atoms. The van der Waals surface area contributed by atoms with Crippen molar-refractivity contribution >= 4 is 15.7 Å². The molecule has 0 heterocycles. The molecule has 3 aromatic carbocycles. The molecule has 0 amide bonds. The molecule has 0 N–H and O–H groups in total. The summed E-state index contributed by atoms with van der Waals surface area (Å²) in [7, 11) is 0. The lowest BCUT2D eigenvalue weighted by Crippen LogP contribution is -2.08. The second-order valence-corrected chi connectivity index (χ2v) is 6.01. The average molecular weight is 334 g/mol. The fourth-order valence-electron chi connectivity index (χ4n) is 3.22. The second-order valence-electron chi connectivity index (χ2n) is 6.01. The van der Waals surface area contributed by atoms with Crippen LogP contribution in [0.3, 0.4) is 0 Å². The molecule has 3 rings (SSSR count). The van der Waals surface area contributed by atoms with Crippen LogP contribution >= 0.6 is 9.90 Å². The molecule has 0 spiro atoms. The molecule has 1 atom stereocenters. The van der Waals surface area contributed by atoms with Crippen molar-refractivity contribution in [1.82, 2.24) is 0 Å². The third kappa shape index (κ3) is 3.47. The Labute approximate surface area is 147 Å². The monoisotopic (exact) mass is 334 g/mol. The molecule has 0 aliphatic carbocycles.